The SMILES string of the molecule is CCCNc1cnnc(NCCCN(C)C)n1. The fourth-order valence-corrected chi connectivity index (χ4v) is 1.31. The van der Waals surface area contributed by atoms with Crippen molar-refractivity contribution in [3.63, 3.8) is 0 Å². The largest absolute Gasteiger partial charge is 0.369 e. The van der Waals surface area contributed by atoms with Gasteiger partial charge in [0.05, 0.1) is 6.20 Å². The van der Waals surface area contributed by atoms with Crippen LogP contribution >= 0.6 is 0 Å². The molecule has 17 heavy (non-hydrogen) atoms. The second-order valence-corrected chi connectivity index (χ2v) is 4.18. The second-order valence-electron chi connectivity index (χ2n) is 4.18. The molecule has 0 amide bonds. The molecule has 0 radical (unpaired) electrons. The number of nitrogens with zero attached hydrogens (tertiary/aromatic N) is 4. The van der Waals surface area contributed by atoms with Crippen molar-refractivity contribution < 1.29 is 0 Å². The molecule has 0 aliphatic heterocycles. The Labute approximate surface area is 103 Å². The maximum atomic E-state index is 4.32. The van der Waals surface area contributed by atoms with Crippen molar-refractivity contribution in [1.82, 2.24) is 20.1 Å². The van der Waals surface area contributed by atoms with E-state index >= 15 is 0 Å². The Kier molecular flexibility index (Phi) is 6.24. The van der Waals surface area contributed by atoms with Gasteiger partial charge in [-0.05, 0) is 33.5 Å². The average molecular weight is 238 g/mol. The molecule has 0 saturated heterocycles. The molecular weight excluding hydrogens is 216 g/mol. The van der Waals surface area contributed by atoms with E-state index in [9.17, 15) is 0 Å². The summed E-state index contributed by atoms with van der Waals surface area (Å²) in [5.74, 6) is 1.36. The summed E-state index contributed by atoms with van der Waals surface area (Å²) in [4.78, 5) is 6.47. The standard InChI is InChI=1S/C11H22N6/c1-4-6-12-10-9-14-16-11(15-10)13-7-5-8-17(2)3/h9H,4-8H2,1-3H3,(H2,12,13,15,16). The minimum Gasteiger partial charge on any atom is -0.369 e. The maximum absolute atomic E-state index is 4.32. The topological polar surface area (TPSA) is 66.0 Å². The lowest BCUT2D eigenvalue weighted by atomic mass is 10.4. The third kappa shape index (κ3) is 6.01. The zero-order valence-electron chi connectivity index (χ0n) is 10.9. The van der Waals surface area contributed by atoms with Crippen LogP contribution in [0.25, 0.3) is 0 Å². The zero-order chi connectivity index (χ0) is 12.5. The van der Waals surface area contributed by atoms with Gasteiger partial charge in [-0.25, -0.2) is 0 Å². The maximum Gasteiger partial charge on any atom is 0.244 e. The van der Waals surface area contributed by atoms with Crippen molar-refractivity contribution in [1.29, 1.82) is 0 Å². The molecule has 6 heteroatoms. The van der Waals surface area contributed by atoms with Gasteiger partial charge in [0.1, 0.15) is 5.82 Å². The van der Waals surface area contributed by atoms with Crippen molar-refractivity contribution in [2.75, 3.05) is 44.4 Å². The van der Waals surface area contributed by atoms with Gasteiger partial charge in [0.25, 0.3) is 0 Å². The summed E-state index contributed by atoms with van der Waals surface area (Å²) in [5, 5.41) is 14.2. The predicted molar refractivity (Wildman–Crippen MR) is 70.3 cm³/mol. The third-order valence-electron chi connectivity index (χ3n) is 2.18. The van der Waals surface area contributed by atoms with Crippen LogP contribution in [0.3, 0.4) is 0 Å². The van der Waals surface area contributed by atoms with Crippen molar-refractivity contribution in [3.8, 4) is 0 Å². The fourth-order valence-electron chi connectivity index (χ4n) is 1.31. The van der Waals surface area contributed by atoms with Gasteiger partial charge in [0.15, 0.2) is 0 Å². The minimum absolute atomic E-state index is 0.588. The van der Waals surface area contributed by atoms with Gasteiger partial charge in [0.2, 0.25) is 5.95 Å². The molecular formula is C11H22N6. The first kappa shape index (κ1) is 13.6. The Morgan fingerprint density at radius 1 is 1.24 bits per heavy atom. The van der Waals surface area contributed by atoms with Crippen LogP contribution < -0.4 is 10.6 Å². The number of hydrogen-bond acceptors (Lipinski definition) is 6. The third-order valence-corrected chi connectivity index (χ3v) is 2.18. The molecule has 0 aliphatic carbocycles. The van der Waals surface area contributed by atoms with E-state index in [1.807, 2.05) is 0 Å². The molecule has 0 fully saturated rings. The Balaban J connectivity index is 2.32. The summed E-state index contributed by atoms with van der Waals surface area (Å²) < 4.78 is 0. The van der Waals surface area contributed by atoms with E-state index in [0.717, 1.165) is 38.3 Å². The molecule has 0 saturated carbocycles. The number of hydrogen-bond donors (Lipinski definition) is 2. The van der Waals surface area contributed by atoms with Gasteiger partial charge in [0, 0.05) is 13.1 Å². The fraction of sp³-hybridized carbons (Fsp3) is 0.727. The van der Waals surface area contributed by atoms with Gasteiger partial charge in [-0.1, -0.05) is 6.92 Å². The lowest BCUT2D eigenvalue weighted by Gasteiger charge is -2.10. The summed E-state index contributed by atoms with van der Waals surface area (Å²) in [6.45, 7) is 4.92. The Morgan fingerprint density at radius 2 is 2.06 bits per heavy atom. The molecule has 96 valence electrons. The summed E-state index contributed by atoms with van der Waals surface area (Å²) >= 11 is 0. The van der Waals surface area contributed by atoms with Crippen LogP contribution in [0.1, 0.15) is 19.8 Å². The van der Waals surface area contributed by atoms with Gasteiger partial charge in [-0.3, -0.25) is 0 Å². The first-order valence-corrected chi connectivity index (χ1v) is 6.04. The van der Waals surface area contributed by atoms with E-state index in [0.29, 0.717) is 5.95 Å². The Hall–Kier alpha value is -1.43. The van der Waals surface area contributed by atoms with Crippen molar-refractivity contribution in [2.24, 2.45) is 0 Å². The van der Waals surface area contributed by atoms with Crippen LogP contribution in [-0.4, -0.2) is 53.8 Å². The predicted octanol–water partition coefficient (Wildman–Crippen LogP) is 1.06. The smallest absolute Gasteiger partial charge is 0.244 e. The van der Waals surface area contributed by atoms with Crippen LogP contribution in [0.4, 0.5) is 11.8 Å². The van der Waals surface area contributed by atoms with Gasteiger partial charge in [-0.2, -0.15) is 10.1 Å². The van der Waals surface area contributed by atoms with E-state index in [2.05, 4.69) is 51.7 Å². The normalized spacial score (nSPS) is 10.6. The van der Waals surface area contributed by atoms with Crippen LogP contribution in [0.2, 0.25) is 0 Å². The zero-order valence-corrected chi connectivity index (χ0v) is 10.9. The summed E-state index contributed by atoms with van der Waals surface area (Å²) in [7, 11) is 4.13. The second kappa shape index (κ2) is 7.78. The molecule has 6 nitrogen and oxygen atoms in total. The van der Waals surface area contributed by atoms with Gasteiger partial charge >= 0.3 is 0 Å². The van der Waals surface area contributed by atoms with E-state index in [4.69, 9.17) is 0 Å². The van der Waals surface area contributed by atoms with Gasteiger partial charge in [-0.15, -0.1) is 5.10 Å². The highest BCUT2D eigenvalue weighted by molar-refractivity contribution is 5.36. The molecule has 1 aromatic heterocycles. The number of anilines is 2. The average Bonchev–Trinajstić information content (AvgIpc) is 2.32. The summed E-state index contributed by atoms with van der Waals surface area (Å²) in [5.41, 5.74) is 0. The molecule has 1 heterocycles. The molecule has 0 unspecified atom stereocenters. The van der Waals surface area contributed by atoms with Crippen LogP contribution in [0.15, 0.2) is 6.20 Å². The van der Waals surface area contributed by atoms with Crippen LogP contribution in [0.5, 0.6) is 0 Å². The Morgan fingerprint density at radius 3 is 2.76 bits per heavy atom. The molecule has 0 aliphatic rings. The molecule has 1 rings (SSSR count). The first-order chi connectivity index (χ1) is 8.22. The quantitative estimate of drug-likeness (QED) is 0.660. The molecule has 0 spiro atoms. The van der Waals surface area contributed by atoms with Crippen molar-refractivity contribution in [3.05, 3.63) is 6.20 Å². The lowest BCUT2D eigenvalue weighted by Crippen LogP contribution is -2.17. The van der Waals surface area contributed by atoms with Gasteiger partial charge < -0.3 is 15.5 Å². The molecule has 0 atom stereocenters. The lowest BCUT2D eigenvalue weighted by molar-refractivity contribution is 0.405. The van der Waals surface area contributed by atoms with Crippen LogP contribution in [0, 0.1) is 0 Å². The highest BCUT2D eigenvalue weighted by Gasteiger charge is 1.99. The van der Waals surface area contributed by atoms with E-state index in [1.165, 1.54) is 0 Å². The number of rotatable bonds is 8. The van der Waals surface area contributed by atoms with E-state index < -0.39 is 0 Å². The first-order valence-electron chi connectivity index (χ1n) is 6.04. The summed E-state index contributed by atoms with van der Waals surface area (Å²) in [6, 6.07) is 0. The molecule has 0 bridgehead atoms. The van der Waals surface area contributed by atoms with E-state index in [-0.39, 0.29) is 0 Å². The Bertz CT molecular complexity index is 315. The molecule has 2 N–H and O–H groups in total. The van der Waals surface area contributed by atoms with Crippen LogP contribution in [-0.2, 0) is 0 Å². The number of nitrogens with one attached hydrogen (secondary N) is 2. The van der Waals surface area contributed by atoms with Crippen molar-refractivity contribution in [2.45, 2.75) is 19.8 Å². The monoisotopic (exact) mass is 238 g/mol. The van der Waals surface area contributed by atoms with Crippen molar-refractivity contribution >= 4 is 11.8 Å². The molecule has 0 aromatic carbocycles. The number of aromatic nitrogens is 3. The highest BCUT2D eigenvalue weighted by atomic mass is 15.3. The molecule has 1 aromatic rings. The highest BCUT2D eigenvalue weighted by Crippen LogP contribution is 2.03. The minimum atomic E-state index is 0.588. The van der Waals surface area contributed by atoms with E-state index in [1.54, 1.807) is 6.20 Å². The summed E-state index contributed by atoms with van der Waals surface area (Å²) in [6.07, 6.45) is 3.76.